The average molecular weight is 339 g/mol. The molecule has 1 aromatic heterocycles. The van der Waals surface area contributed by atoms with Crippen molar-refractivity contribution >= 4 is 43.9 Å². The minimum atomic E-state index is 0.531. The van der Waals surface area contributed by atoms with Crippen LogP contribution in [0.4, 0.5) is 17.1 Å². The molecule has 0 unspecified atom stereocenters. The Morgan fingerprint density at radius 2 is 2.00 bits per heavy atom. The lowest BCUT2D eigenvalue weighted by molar-refractivity contribution is 1.38. The molecular formula is C16H11BrN4. The van der Waals surface area contributed by atoms with E-state index in [9.17, 15) is 0 Å². The van der Waals surface area contributed by atoms with Gasteiger partial charge in [-0.1, -0.05) is 12.1 Å². The van der Waals surface area contributed by atoms with Gasteiger partial charge in [0, 0.05) is 16.1 Å². The summed E-state index contributed by atoms with van der Waals surface area (Å²) in [6.07, 6.45) is 1.76. The van der Waals surface area contributed by atoms with Crippen LogP contribution in [0.3, 0.4) is 0 Å². The van der Waals surface area contributed by atoms with E-state index in [2.05, 4.69) is 32.3 Å². The number of hydrogen-bond acceptors (Lipinski definition) is 4. The predicted molar refractivity (Wildman–Crippen MR) is 88.3 cm³/mol. The molecular weight excluding hydrogens is 328 g/mol. The SMILES string of the molecule is N#Cc1ccc(Nc2cccc3cc(Br)cnc23)c(N)c1. The van der Waals surface area contributed by atoms with Crippen LogP contribution in [0.25, 0.3) is 10.9 Å². The second-order valence-corrected chi connectivity index (χ2v) is 5.49. The second-order valence-electron chi connectivity index (χ2n) is 4.57. The van der Waals surface area contributed by atoms with Crippen molar-refractivity contribution in [2.24, 2.45) is 0 Å². The van der Waals surface area contributed by atoms with Crippen molar-refractivity contribution in [2.75, 3.05) is 11.1 Å². The van der Waals surface area contributed by atoms with Gasteiger partial charge in [-0.15, -0.1) is 0 Å². The smallest absolute Gasteiger partial charge is 0.0992 e. The Hall–Kier alpha value is -2.58. The van der Waals surface area contributed by atoms with E-state index in [0.717, 1.165) is 26.8 Å². The molecule has 0 saturated heterocycles. The number of anilines is 3. The quantitative estimate of drug-likeness (QED) is 0.687. The van der Waals surface area contributed by atoms with Crippen molar-refractivity contribution in [1.29, 1.82) is 5.26 Å². The fourth-order valence-electron chi connectivity index (χ4n) is 2.13. The first-order chi connectivity index (χ1) is 10.2. The molecule has 0 saturated carbocycles. The summed E-state index contributed by atoms with van der Waals surface area (Å²) in [5, 5.41) is 13.2. The number of fused-ring (bicyclic) bond motifs is 1. The van der Waals surface area contributed by atoms with Crippen molar-refractivity contribution in [2.45, 2.75) is 0 Å². The van der Waals surface area contributed by atoms with Gasteiger partial charge in [0.25, 0.3) is 0 Å². The number of halogens is 1. The van der Waals surface area contributed by atoms with E-state index in [1.807, 2.05) is 24.3 Å². The Morgan fingerprint density at radius 3 is 2.76 bits per heavy atom. The molecule has 21 heavy (non-hydrogen) atoms. The van der Waals surface area contributed by atoms with E-state index in [0.29, 0.717) is 11.3 Å². The third kappa shape index (κ3) is 2.67. The molecule has 3 aromatic rings. The molecule has 0 atom stereocenters. The predicted octanol–water partition coefficient (Wildman–Crippen LogP) is 4.19. The number of nitriles is 1. The molecule has 0 amide bonds. The summed E-state index contributed by atoms with van der Waals surface area (Å²) in [6.45, 7) is 0. The minimum absolute atomic E-state index is 0.531. The van der Waals surface area contributed by atoms with E-state index in [1.54, 1.807) is 24.4 Å². The molecule has 0 aliphatic heterocycles. The molecule has 2 aromatic carbocycles. The van der Waals surface area contributed by atoms with Gasteiger partial charge in [0.15, 0.2) is 0 Å². The van der Waals surface area contributed by atoms with E-state index in [1.165, 1.54) is 0 Å². The Labute approximate surface area is 130 Å². The molecule has 0 spiro atoms. The number of benzene rings is 2. The number of nitrogens with two attached hydrogens (primary N) is 1. The molecule has 3 rings (SSSR count). The van der Waals surface area contributed by atoms with Crippen LogP contribution in [0.5, 0.6) is 0 Å². The highest BCUT2D eigenvalue weighted by Gasteiger charge is 2.06. The molecule has 0 aliphatic carbocycles. The normalized spacial score (nSPS) is 10.3. The van der Waals surface area contributed by atoms with Crippen molar-refractivity contribution in [1.82, 2.24) is 4.98 Å². The third-order valence-electron chi connectivity index (χ3n) is 3.13. The van der Waals surface area contributed by atoms with Crippen LogP contribution in [0.2, 0.25) is 0 Å². The molecule has 4 nitrogen and oxygen atoms in total. The number of rotatable bonds is 2. The van der Waals surface area contributed by atoms with Gasteiger partial charge >= 0.3 is 0 Å². The zero-order chi connectivity index (χ0) is 14.8. The molecule has 1 heterocycles. The zero-order valence-corrected chi connectivity index (χ0v) is 12.6. The maximum atomic E-state index is 8.87. The summed E-state index contributed by atoms with van der Waals surface area (Å²) in [5.74, 6) is 0. The number of aromatic nitrogens is 1. The molecule has 3 N–H and O–H groups in total. The first-order valence-corrected chi connectivity index (χ1v) is 7.07. The lowest BCUT2D eigenvalue weighted by Crippen LogP contribution is -1.98. The lowest BCUT2D eigenvalue weighted by Gasteiger charge is -2.11. The van der Waals surface area contributed by atoms with Crippen LogP contribution in [0.1, 0.15) is 5.56 Å². The van der Waals surface area contributed by atoms with Gasteiger partial charge in [-0.2, -0.15) is 5.26 Å². The van der Waals surface area contributed by atoms with Crippen LogP contribution < -0.4 is 11.1 Å². The number of nitrogens with zero attached hydrogens (tertiary/aromatic N) is 2. The first-order valence-electron chi connectivity index (χ1n) is 6.28. The molecule has 0 aliphatic rings. The summed E-state index contributed by atoms with van der Waals surface area (Å²) in [5.41, 5.74) is 9.53. The van der Waals surface area contributed by atoms with Gasteiger partial charge in [0.2, 0.25) is 0 Å². The van der Waals surface area contributed by atoms with Crippen molar-refractivity contribution in [3.8, 4) is 6.07 Å². The molecule has 5 heteroatoms. The second kappa shape index (κ2) is 5.43. The summed E-state index contributed by atoms with van der Waals surface area (Å²) in [6, 6.07) is 15.2. The summed E-state index contributed by atoms with van der Waals surface area (Å²) < 4.78 is 0.935. The lowest BCUT2D eigenvalue weighted by atomic mass is 10.1. The van der Waals surface area contributed by atoms with E-state index >= 15 is 0 Å². The molecule has 0 radical (unpaired) electrons. The Kier molecular flexibility index (Phi) is 3.46. The summed E-state index contributed by atoms with van der Waals surface area (Å²) in [4.78, 5) is 4.44. The van der Waals surface area contributed by atoms with Crippen molar-refractivity contribution < 1.29 is 0 Å². The largest absolute Gasteiger partial charge is 0.397 e. The van der Waals surface area contributed by atoms with E-state index in [-0.39, 0.29) is 0 Å². The van der Waals surface area contributed by atoms with Crippen LogP contribution in [0.15, 0.2) is 53.1 Å². The maximum Gasteiger partial charge on any atom is 0.0992 e. The van der Waals surface area contributed by atoms with Gasteiger partial charge in [0.05, 0.1) is 34.2 Å². The number of para-hydroxylation sites is 1. The monoisotopic (exact) mass is 338 g/mol. The van der Waals surface area contributed by atoms with Crippen LogP contribution in [-0.4, -0.2) is 4.98 Å². The minimum Gasteiger partial charge on any atom is -0.397 e. The van der Waals surface area contributed by atoms with E-state index in [4.69, 9.17) is 11.0 Å². The van der Waals surface area contributed by atoms with Crippen LogP contribution >= 0.6 is 15.9 Å². The topological polar surface area (TPSA) is 74.7 Å². The molecule has 102 valence electrons. The Morgan fingerprint density at radius 1 is 1.14 bits per heavy atom. The van der Waals surface area contributed by atoms with Crippen LogP contribution in [-0.2, 0) is 0 Å². The van der Waals surface area contributed by atoms with E-state index < -0.39 is 0 Å². The highest BCUT2D eigenvalue weighted by atomic mass is 79.9. The van der Waals surface area contributed by atoms with Gasteiger partial charge in [0.1, 0.15) is 0 Å². The summed E-state index contributed by atoms with van der Waals surface area (Å²) >= 11 is 3.42. The Bertz CT molecular complexity index is 868. The van der Waals surface area contributed by atoms with Crippen LogP contribution in [0, 0.1) is 11.3 Å². The fourth-order valence-corrected chi connectivity index (χ4v) is 2.48. The number of hydrogen-bond donors (Lipinski definition) is 2. The maximum absolute atomic E-state index is 8.87. The Balaban J connectivity index is 2.04. The first kappa shape index (κ1) is 13.4. The standard InChI is InChI=1S/C16H11BrN4/c17-12-7-11-2-1-3-15(16(11)20-9-12)21-14-5-4-10(8-18)6-13(14)19/h1-7,9,21H,19H2. The van der Waals surface area contributed by atoms with Gasteiger partial charge < -0.3 is 11.1 Å². The number of nitrogen functional groups attached to an aromatic ring is 1. The fraction of sp³-hybridized carbons (Fsp3) is 0. The molecule has 0 fully saturated rings. The third-order valence-corrected chi connectivity index (χ3v) is 3.56. The highest BCUT2D eigenvalue weighted by Crippen LogP contribution is 2.29. The van der Waals surface area contributed by atoms with Gasteiger partial charge in [-0.05, 0) is 46.3 Å². The number of pyridine rings is 1. The number of nitrogens with one attached hydrogen (secondary N) is 1. The highest BCUT2D eigenvalue weighted by molar-refractivity contribution is 9.10. The van der Waals surface area contributed by atoms with Crippen molar-refractivity contribution in [3.05, 3.63) is 58.7 Å². The average Bonchev–Trinajstić information content (AvgIpc) is 2.49. The van der Waals surface area contributed by atoms with Gasteiger partial charge in [-0.3, -0.25) is 4.98 Å². The zero-order valence-electron chi connectivity index (χ0n) is 11.0. The van der Waals surface area contributed by atoms with Crippen molar-refractivity contribution in [3.63, 3.8) is 0 Å². The molecule has 0 bridgehead atoms. The van der Waals surface area contributed by atoms with Gasteiger partial charge in [-0.25, -0.2) is 0 Å². The summed E-state index contributed by atoms with van der Waals surface area (Å²) in [7, 11) is 0.